The Morgan fingerprint density at radius 3 is 0.871 bits per heavy atom. The van der Waals surface area contributed by atoms with Crippen LogP contribution in [0.1, 0.15) is 11.1 Å². The summed E-state index contributed by atoms with van der Waals surface area (Å²) in [5.41, 5.74) is 17.7. The molecule has 0 atom stereocenters. The summed E-state index contributed by atoms with van der Waals surface area (Å²) >= 11 is -0.826. The predicted octanol–water partition coefficient (Wildman–Crippen LogP) is 17.9. The fraction of sp³-hybridized carbons (Fsp3) is 0.0690. The molecule has 0 unspecified atom stereocenters. The summed E-state index contributed by atoms with van der Waals surface area (Å²) in [6, 6.07) is 78.7. The van der Waals surface area contributed by atoms with Crippen molar-refractivity contribution in [3.05, 3.63) is 230 Å². The van der Waals surface area contributed by atoms with Crippen LogP contribution in [0.3, 0.4) is 0 Å². The van der Waals surface area contributed by atoms with Gasteiger partial charge in [-0.05, 0) is 92.0 Å². The molecule has 10 aromatic rings. The van der Waals surface area contributed by atoms with Crippen molar-refractivity contribution >= 4 is 48.1 Å². The average molecular weight is 935 g/mol. The molecule has 0 fully saturated rings. The Balaban J connectivity index is 0.000000166. The Morgan fingerprint density at radius 1 is 0.339 bits per heavy atom. The van der Waals surface area contributed by atoms with Gasteiger partial charge in [-0.25, -0.2) is 0 Å². The van der Waals surface area contributed by atoms with E-state index in [-0.39, 0.29) is 0 Å². The molecule has 302 valence electrons. The number of rotatable bonds is 6. The third-order valence-electron chi connectivity index (χ3n) is 10.7. The van der Waals surface area contributed by atoms with Gasteiger partial charge in [0.2, 0.25) is 0 Å². The molecular weight excluding hydrogens is 887 g/mol. The number of hydrogen-bond acceptors (Lipinski definition) is 0. The third kappa shape index (κ3) is 11.2. The molecule has 2 radical (unpaired) electrons. The van der Waals surface area contributed by atoms with Crippen LogP contribution in [0, 0.1) is 13.8 Å². The van der Waals surface area contributed by atoms with E-state index in [0.29, 0.717) is 0 Å². The summed E-state index contributed by atoms with van der Waals surface area (Å²) in [6.45, 7) is 8.64. The second-order valence-corrected chi connectivity index (χ2v) is 20.0. The molecule has 0 aliphatic heterocycles. The molecule has 10 rings (SSSR count). The second-order valence-electron chi connectivity index (χ2n) is 15.3. The Labute approximate surface area is 389 Å². The normalized spacial score (nSPS) is 10.4. The van der Waals surface area contributed by atoms with Gasteiger partial charge >= 0.3 is 37.9 Å². The zero-order chi connectivity index (χ0) is 43.3. The number of aryl methyl sites for hydroxylation is 2. The van der Waals surface area contributed by atoms with Crippen LogP contribution in [0.15, 0.2) is 218 Å². The fourth-order valence-electron chi connectivity index (χ4n) is 8.03. The van der Waals surface area contributed by atoms with E-state index < -0.39 is 20.8 Å². The molecule has 0 aliphatic rings. The van der Waals surface area contributed by atoms with E-state index in [9.17, 15) is 0 Å². The molecule has 0 aromatic heterocycles. The molecule has 0 saturated carbocycles. The van der Waals surface area contributed by atoms with Gasteiger partial charge in [-0.1, -0.05) is 172 Å². The predicted molar refractivity (Wildman–Crippen MR) is 270 cm³/mol. The first-order valence-electron chi connectivity index (χ1n) is 20.8. The molecule has 10 aromatic carbocycles. The van der Waals surface area contributed by atoms with Crippen molar-refractivity contribution in [1.82, 2.24) is 0 Å². The molecule has 0 N–H and O–H groups in total. The van der Waals surface area contributed by atoms with E-state index in [2.05, 4.69) is 245 Å². The monoisotopic (exact) mass is 932 g/mol. The van der Waals surface area contributed by atoms with Crippen LogP contribution < -0.4 is 0 Å². The van der Waals surface area contributed by atoms with E-state index in [1.54, 1.807) is 0 Å². The van der Waals surface area contributed by atoms with Crippen LogP contribution in [0.5, 0.6) is 0 Å². The Bertz CT molecular complexity index is 2630. The third-order valence-corrected chi connectivity index (χ3v) is 10.7. The van der Waals surface area contributed by atoms with E-state index >= 15 is 0 Å². The maximum absolute atomic E-state index is 4.93. The molecule has 0 spiro atoms. The van der Waals surface area contributed by atoms with Gasteiger partial charge in [0.05, 0.1) is 0 Å². The topological polar surface area (TPSA) is 0 Å². The van der Waals surface area contributed by atoms with Crippen molar-refractivity contribution in [1.29, 1.82) is 0 Å². The number of fused-ring (bicyclic) bond motifs is 2. The standard InChI is InChI=1S/2C28H21.C2H6Si.2ClH.Zr/c2*1-20-15-23-13-8-14-27(28(23)16-20)26-18-24(21-9-4-2-5-10-21)17-25(19-26)22-11-6-3-7-12-22;1-3-2;;;/h2*2-19H,1H3;1-2H3;2*1H;/q2*-1;;;;+4/p-2. The van der Waals surface area contributed by atoms with Gasteiger partial charge in [-0.2, -0.15) is 12.1 Å². The van der Waals surface area contributed by atoms with Crippen LogP contribution >= 0.6 is 17.0 Å². The van der Waals surface area contributed by atoms with E-state index in [4.69, 9.17) is 17.0 Å². The number of benzene rings is 8. The van der Waals surface area contributed by atoms with Crippen LogP contribution in [-0.4, -0.2) is 9.52 Å². The van der Waals surface area contributed by atoms with Crippen LogP contribution in [-0.2, 0) is 20.8 Å². The van der Waals surface area contributed by atoms with Crippen LogP contribution in [0.25, 0.3) is 88.3 Å². The van der Waals surface area contributed by atoms with Crippen molar-refractivity contribution in [2.24, 2.45) is 0 Å². The molecule has 4 heteroatoms. The fourth-order valence-corrected chi connectivity index (χ4v) is 8.03. The molecule has 62 heavy (non-hydrogen) atoms. The van der Waals surface area contributed by atoms with Gasteiger partial charge in [0.25, 0.3) is 0 Å². The summed E-state index contributed by atoms with van der Waals surface area (Å²) in [7, 11) is 11.0. The van der Waals surface area contributed by atoms with Crippen molar-refractivity contribution in [3.8, 4) is 66.8 Å². The van der Waals surface area contributed by atoms with Crippen molar-refractivity contribution < 1.29 is 20.8 Å². The molecule has 0 bridgehead atoms. The second kappa shape index (κ2) is 22.1. The first-order valence-corrected chi connectivity index (χ1v) is 29.1. The van der Waals surface area contributed by atoms with Gasteiger partial charge in [-0.3, -0.25) is 0 Å². The maximum atomic E-state index is 4.93. The van der Waals surface area contributed by atoms with Gasteiger partial charge < -0.3 is 0 Å². The number of halogens is 2. The Hall–Kier alpha value is -5.34. The summed E-state index contributed by atoms with van der Waals surface area (Å²) in [4.78, 5) is 0. The number of hydrogen-bond donors (Lipinski definition) is 0. The van der Waals surface area contributed by atoms with E-state index in [1.165, 1.54) is 99.4 Å². The van der Waals surface area contributed by atoms with Crippen LogP contribution in [0.4, 0.5) is 0 Å². The van der Waals surface area contributed by atoms with E-state index in [0.717, 1.165) is 9.52 Å². The van der Waals surface area contributed by atoms with Crippen molar-refractivity contribution in [3.63, 3.8) is 0 Å². The molecule has 0 amide bonds. The van der Waals surface area contributed by atoms with Crippen LogP contribution in [0.2, 0.25) is 13.1 Å². The molecule has 0 nitrogen and oxygen atoms in total. The summed E-state index contributed by atoms with van der Waals surface area (Å²) in [5.74, 6) is 0. The molecular formula is C58H48Cl2SiZr. The summed E-state index contributed by atoms with van der Waals surface area (Å²) in [6.07, 6.45) is 0. The summed E-state index contributed by atoms with van der Waals surface area (Å²) in [5, 5.41) is 5.26. The van der Waals surface area contributed by atoms with Crippen molar-refractivity contribution in [2.75, 3.05) is 0 Å². The molecule has 0 saturated heterocycles. The SMILES string of the molecule is C[Si]C.Cc1cc2c(-c3cc(-c4ccccc4)cc(-c4ccccc4)c3)cccc2[cH-]1.Cc1cc2c(-c3cc(-c4ccccc4)cc(-c4ccccc4)c3)cccc2[cH-]1.[Cl][Zr+2][Cl]. The Morgan fingerprint density at radius 2 is 0.597 bits per heavy atom. The minimum atomic E-state index is -0.826. The molecule has 0 heterocycles. The average Bonchev–Trinajstić information content (AvgIpc) is 3.91. The van der Waals surface area contributed by atoms with Gasteiger partial charge in [0.1, 0.15) is 0 Å². The van der Waals surface area contributed by atoms with Crippen molar-refractivity contribution in [2.45, 2.75) is 26.9 Å². The van der Waals surface area contributed by atoms with E-state index in [1.807, 2.05) is 0 Å². The minimum absolute atomic E-state index is 0.826. The Kier molecular flexibility index (Phi) is 16.0. The van der Waals surface area contributed by atoms with Gasteiger partial charge in [-0.15, -0.1) is 69.1 Å². The molecule has 0 aliphatic carbocycles. The zero-order valence-corrected chi connectivity index (χ0v) is 40.5. The van der Waals surface area contributed by atoms with Gasteiger partial charge in [0, 0.05) is 9.52 Å². The first kappa shape index (κ1) is 44.7. The zero-order valence-electron chi connectivity index (χ0n) is 35.5. The summed E-state index contributed by atoms with van der Waals surface area (Å²) < 4.78 is 0. The first-order chi connectivity index (χ1) is 30.4. The quantitative estimate of drug-likeness (QED) is 0.115. The van der Waals surface area contributed by atoms with Gasteiger partial charge in [0.15, 0.2) is 0 Å².